The SMILES string of the molecule is CC(CN(C)C(=N)N)OCCc1ccccc1. The van der Waals surface area contributed by atoms with Gasteiger partial charge in [-0.15, -0.1) is 0 Å². The van der Waals surface area contributed by atoms with Gasteiger partial charge in [-0.25, -0.2) is 0 Å². The van der Waals surface area contributed by atoms with Gasteiger partial charge in [0.2, 0.25) is 0 Å². The van der Waals surface area contributed by atoms with Crippen molar-refractivity contribution < 1.29 is 4.74 Å². The molecule has 4 nitrogen and oxygen atoms in total. The van der Waals surface area contributed by atoms with Crippen molar-refractivity contribution >= 4 is 5.96 Å². The largest absolute Gasteiger partial charge is 0.376 e. The topological polar surface area (TPSA) is 62.3 Å². The van der Waals surface area contributed by atoms with Crippen LogP contribution in [0.2, 0.25) is 0 Å². The summed E-state index contributed by atoms with van der Waals surface area (Å²) >= 11 is 0. The maximum absolute atomic E-state index is 7.25. The Kier molecular flexibility index (Phi) is 5.49. The van der Waals surface area contributed by atoms with Crippen molar-refractivity contribution in [3.63, 3.8) is 0 Å². The number of nitrogens with zero attached hydrogens (tertiary/aromatic N) is 1. The molecule has 0 aliphatic rings. The normalized spacial score (nSPS) is 12.1. The Hall–Kier alpha value is -1.55. The molecule has 1 aromatic carbocycles. The van der Waals surface area contributed by atoms with Crippen LogP contribution in [0.4, 0.5) is 0 Å². The summed E-state index contributed by atoms with van der Waals surface area (Å²) in [5.41, 5.74) is 6.64. The van der Waals surface area contributed by atoms with Crippen LogP contribution < -0.4 is 5.73 Å². The molecule has 0 bridgehead atoms. The van der Waals surface area contributed by atoms with Gasteiger partial charge in [-0.2, -0.15) is 0 Å². The first-order valence-electron chi connectivity index (χ1n) is 5.80. The van der Waals surface area contributed by atoms with Gasteiger partial charge in [-0.1, -0.05) is 30.3 Å². The zero-order chi connectivity index (χ0) is 12.7. The molecule has 0 heterocycles. The Morgan fingerprint density at radius 3 is 2.65 bits per heavy atom. The zero-order valence-electron chi connectivity index (χ0n) is 10.5. The molecule has 3 N–H and O–H groups in total. The molecule has 0 saturated carbocycles. The van der Waals surface area contributed by atoms with Gasteiger partial charge >= 0.3 is 0 Å². The smallest absolute Gasteiger partial charge is 0.188 e. The molecule has 94 valence electrons. The second kappa shape index (κ2) is 6.91. The number of hydrogen-bond acceptors (Lipinski definition) is 2. The lowest BCUT2D eigenvalue weighted by molar-refractivity contribution is 0.0563. The number of ether oxygens (including phenoxy) is 1. The van der Waals surface area contributed by atoms with E-state index in [9.17, 15) is 0 Å². The first-order valence-corrected chi connectivity index (χ1v) is 5.80. The molecule has 0 aromatic heterocycles. The number of nitrogens with one attached hydrogen (secondary N) is 1. The molecule has 0 radical (unpaired) electrons. The minimum Gasteiger partial charge on any atom is -0.376 e. The summed E-state index contributed by atoms with van der Waals surface area (Å²) in [6.07, 6.45) is 0.988. The van der Waals surface area contributed by atoms with Crippen LogP contribution in [-0.2, 0) is 11.2 Å². The maximum Gasteiger partial charge on any atom is 0.188 e. The van der Waals surface area contributed by atoms with Crippen molar-refractivity contribution in [1.82, 2.24) is 4.90 Å². The standard InChI is InChI=1S/C13H21N3O/c1-11(10-16(2)13(14)15)17-9-8-12-6-4-3-5-7-12/h3-7,11H,8-10H2,1-2H3,(H3,14,15). The van der Waals surface area contributed by atoms with E-state index < -0.39 is 0 Å². The average Bonchev–Trinajstić information content (AvgIpc) is 2.30. The van der Waals surface area contributed by atoms with Gasteiger partial charge < -0.3 is 15.4 Å². The van der Waals surface area contributed by atoms with E-state index in [2.05, 4.69) is 12.1 Å². The van der Waals surface area contributed by atoms with Gasteiger partial charge in [-0.05, 0) is 18.9 Å². The number of likely N-dealkylation sites (N-methyl/N-ethyl adjacent to an activating group) is 1. The summed E-state index contributed by atoms with van der Waals surface area (Å²) in [6, 6.07) is 10.3. The van der Waals surface area contributed by atoms with Crippen molar-refractivity contribution in [3.8, 4) is 0 Å². The highest BCUT2D eigenvalue weighted by atomic mass is 16.5. The van der Waals surface area contributed by atoms with Crippen molar-refractivity contribution in [2.45, 2.75) is 19.4 Å². The molecular formula is C13H21N3O. The Labute approximate surface area is 103 Å². The van der Waals surface area contributed by atoms with Crippen LogP contribution in [0, 0.1) is 5.41 Å². The Morgan fingerprint density at radius 2 is 2.06 bits per heavy atom. The summed E-state index contributed by atoms with van der Waals surface area (Å²) in [5, 5.41) is 7.25. The highest BCUT2D eigenvalue weighted by Gasteiger charge is 2.07. The van der Waals surface area contributed by atoms with Crippen molar-refractivity contribution in [2.24, 2.45) is 5.73 Å². The third-order valence-corrected chi connectivity index (χ3v) is 2.58. The molecule has 17 heavy (non-hydrogen) atoms. The van der Waals surface area contributed by atoms with Crippen molar-refractivity contribution in [3.05, 3.63) is 35.9 Å². The molecule has 1 aromatic rings. The fourth-order valence-electron chi connectivity index (χ4n) is 1.56. The fourth-order valence-corrected chi connectivity index (χ4v) is 1.56. The van der Waals surface area contributed by atoms with E-state index >= 15 is 0 Å². The molecule has 1 unspecified atom stereocenters. The van der Waals surface area contributed by atoms with Gasteiger partial charge in [0.1, 0.15) is 0 Å². The van der Waals surface area contributed by atoms with E-state index in [0.717, 1.165) is 6.42 Å². The van der Waals surface area contributed by atoms with Crippen LogP contribution in [0.3, 0.4) is 0 Å². The van der Waals surface area contributed by atoms with Crippen LogP contribution in [-0.4, -0.2) is 37.2 Å². The first kappa shape index (κ1) is 13.5. The third-order valence-electron chi connectivity index (χ3n) is 2.58. The van der Waals surface area contributed by atoms with E-state index in [1.165, 1.54) is 5.56 Å². The van der Waals surface area contributed by atoms with E-state index in [1.807, 2.05) is 25.1 Å². The summed E-state index contributed by atoms with van der Waals surface area (Å²) in [6.45, 7) is 3.32. The van der Waals surface area contributed by atoms with Crippen LogP contribution in [0.5, 0.6) is 0 Å². The predicted molar refractivity (Wildman–Crippen MR) is 70.1 cm³/mol. The average molecular weight is 235 g/mol. The quantitative estimate of drug-likeness (QED) is 0.579. The molecule has 0 spiro atoms. The van der Waals surface area contributed by atoms with Crippen LogP contribution in [0.1, 0.15) is 12.5 Å². The molecule has 1 rings (SSSR count). The monoisotopic (exact) mass is 235 g/mol. The zero-order valence-corrected chi connectivity index (χ0v) is 10.5. The summed E-state index contributed by atoms with van der Waals surface area (Å²) in [7, 11) is 1.79. The van der Waals surface area contributed by atoms with Gasteiger partial charge in [0.15, 0.2) is 5.96 Å². The van der Waals surface area contributed by atoms with E-state index in [1.54, 1.807) is 11.9 Å². The van der Waals surface area contributed by atoms with E-state index in [0.29, 0.717) is 13.2 Å². The molecule has 4 heteroatoms. The van der Waals surface area contributed by atoms with Crippen LogP contribution >= 0.6 is 0 Å². The summed E-state index contributed by atoms with van der Waals surface area (Å²) < 4.78 is 5.67. The molecule has 0 aliphatic heterocycles. The second-order valence-corrected chi connectivity index (χ2v) is 4.18. The predicted octanol–water partition coefficient (Wildman–Crippen LogP) is 1.46. The Morgan fingerprint density at radius 1 is 1.41 bits per heavy atom. The lowest BCUT2D eigenvalue weighted by atomic mass is 10.2. The molecular weight excluding hydrogens is 214 g/mol. The maximum atomic E-state index is 7.25. The third kappa shape index (κ3) is 5.36. The van der Waals surface area contributed by atoms with Crippen LogP contribution in [0.15, 0.2) is 30.3 Å². The Balaban J connectivity index is 2.20. The number of rotatable bonds is 6. The second-order valence-electron chi connectivity index (χ2n) is 4.18. The van der Waals surface area contributed by atoms with E-state index in [-0.39, 0.29) is 12.1 Å². The van der Waals surface area contributed by atoms with Gasteiger partial charge in [-0.3, -0.25) is 5.41 Å². The fraction of sp³-hybridized carbons (Fsp3) is 0.462. The minimum atomic E-state index is 0.0727. The molecule has 0 amide bonds. The summed E-state index contributed by atoms with van der Waals surface area (Å²) in [5.74, 6) is 0.0727. The number of hydrogen-bond donors (Lipinski definition) is 2. The van der Waals surface area contributed by atoms with Gasteiger partial charge in [0.05, 0.1) is 12.7 Å². The Bertz CT molecular complexity index is 340. The van der Waals surface area contributed by atoms with Crippen LogP contribution in [0.25, 0.3) is 0 Å². The first-order chi connectivity index (χ1) is 8.09. The summed E-state index contributed by atoms with van der Waals surface area (Å²) in [4.78, 5) is 1.67. The van der Waals surface area contributed by atoms with Crippen molar-refractivity contribution in [1.29, 1.82) is 5.41 Å². The molecule has 1 atom stereocenters. The lowest BCUT2D eigenvalue weighted by Gasteiger charge is -2.21. The highest BCUT2D eigenvalue weighted by molar-refractivity contribution is 5.74. The van der Waals surface area contributed by atoms with Crippen molar-refractivity contribution in [2.75, 3.05) is 20.2 Å². The number of nitrogens with two attached hydrogens (primary N) is 1. The van der Waals surface area contributed by atoms with E-state index in [4.69, 9.17) is 15.9 Å². The number of guanidine groups is 1. The van der Waals surface area contributed by atoms with Gasteiger partial charge in [0, 0.05) is 13.6 Å². The van der Waals surface area contributed by atoms with Gasteiger partial charge in [0.25, 0.3) is 0 Å². The molecule has 0 fully saturated rings. The molecule has 0 saturated heterocycles. The minimum absolute atomic E-state index is 0.0727. The molecule has 0 aliphatic carbocycles. The highest BCUT2D eigenvalue weighted by Crippen LogP contribution is 2.01. The lowest BCUT2D eigenvalue weighted by Crippen LogP contribution is -2.38. The number of benzene rings is 1.